The minimum absolute atomic E-state index is 0.00427. The van der Waals surface area contributed by atoms with Crippen LogP contribution < -0.4 is 10.7 Å². The second kappa shape index (κ2) is 6.99. The van der Waals surface area contributed by atoms with Gasteiger partial charge in [0.25, 0.3) is 5.56 Å². The first kappa shape index (κ1) is 18.8. The standard InChI is InChI=1S/C16H14ClN5O4S/c1-9-15(20-19-13-7-10(17)5-6-14(13)23)16(24)22(21-9)11-3-2-4-12(8-11)27(18,25)26/h2-8,21,23H,1H3,(H2,18,25,26). The number of hydrogen-bond acceptors (Lipinski definition) is 6. The normalized spacial score (nSPS) is 12.0. The molecule has 0 saturated heterocycles. The molecule has 0 saturated carbocycles. The Morgan fingerprint density at radius 2 is 1.93 bits per heavy atom. The molecular formula is C16H14ClN5O4S. The molecular weight excluding hydrogens is 394 g/mol. The van der Waals surface area contributed by atoms with Crippen molar-refractivity contribution in [3.05, 3.63) is 63.5 Å². The van der Waals surface area contributed by atoms with Gasteiger partial charge in [0.05, 0.1) is 16.3 Å². The van der Waals surface area contributed by atoms with Gasteiger partial charge in [0, 0.05) is 5.02 Å². The molecule has 0 fully saturated rings. The molecule has 1 aromatic heterocycles. The average Bonchev–Trinajstić information content (AvgIpc) is 2.89. The van der Waals surface area contributed by atoms with Crippen LogP contribution in [0.2, 0.25) is 5.02 Å². The van der Waals surface area contributed by atoms with Crippen LogP contribution in [0.5, 0.6) is 5.75 Å². The molecule has 27 heavy (non-hydrogen) atoms. The number of nitrogens with two attached hydrogens (primary N) is 1. The molecule has 0 spiro atoms. The molecule has 11 heteroatoms. The fourth-order valence-electron chi connectivity index (χ4n) is 2.32. The van der Waals surface area contributed by atoms with E-state index in [-0.39, 0.29) is 27.7 Å². The largest absolute Gasteiger partial charge is 0.506 e. The third-order valence-electron chi connectivity index (χ3n) is 3.64. The first-order chi connectivity index (χ1) is 12.7. The van der Waals surface area contributed by atoms with Crippen molar-refractivity contribution >= 4 is 33.0 Å². The molecule has 4 N–H and O–H groups in total. The SMILES string of the molecule is Cc1[nH]n(-c2cccc(S(N)(=O)=O)c2)c(=O)c1N=Nc1cc(Cl)ccc1O. The number of phenols is 1. The molecule has 0 aliphatic heterocycles. The van der Waals surface area contributed by atoms with E-state index in [1.165, 1.54) is 42.5 Å². The fourth-order valence-corrected chi connectivity index (χ4v) is 3.04. The minimum Gasteiger partial charge on any atom is -0.506 e. The quantitative estimate of drug-likeness (QED) is 0.571. The van der Waals surface area contributed by atoms with E-state index in [0.29, 0.717) is 10.7 Å². The highest BCUT2D eigenvalue weighted by atomic mass is 35.5. The lowest BCUT2D eigenvalue weighted by Gasteiger charge is -2.03. The van der Waals surface area contributed by atoms with Crippen LogP contribution in [-0.2, 0) is 10.0 Å². The highest BCUT2D eigenvalue weighted by molar-refractivity contribution is 7.89. The molecule has 0 aliphatic rings. The Morgan fingerprint density at radius 1 is 1.19 bits per heavy atom. The Balaban J connectivity index is 2.05. The lowest BCUT2D eigenvalue weighted by Crippen LogP contribution is -2.16. The summed E-state index contributed by atoms with van der Waals surface area (Å²) in [5.74, 6) is -0.141. The van der Waals surface area contributed by atoms with E-state index >= 15 is 0 Å². The number of hydrogen-bond donors (Lipinski definition) is 3. The summed E-state index contributed by atoms with van der Waals surface area (Å²) in [5.41, 5.74) is 0.206. The smallest absolute Gasteiger partial charge is 0.299 e. The predicted molar refractivity (Wildman–Crippen MR) is 99.8 cm³/mol. The zero-order valence-corrected chi connectivity index (χ0v) is 15.5. The number of azo groups is 1. The highest BCUT2D eigenvalue weighted by Crippen LogP contribution is 2.30. The summed E-state index contributed by atoms with van der Waals surface area (Å²) >= 11 is 5.85. The highest BCUT2D eigenvalue weighted by Gasteiger charge is 2.15. The molecule has 0 radical (unpaired) electrons. The Kier molecular flexibility index (Phi) is 4.87. The number of rotatable bonds is 4. The van der Waals surface area contributed by atoms with Gasteiger partial charge in [0.15, 0.2) is 5.69 Å². The van der Waals surface area contributed by atoms with Gasteiger partial charge >= 0.3 is 0 Å². The van der Waals surface area contributed by atoms with Crippen molar-refractivity contribution in [2.45, 2.75) is 11.8 Å². The number of halogens is 1. The number of aryl methyl sites for hydroxylation is 1. The van der Waals surface area contributed by atoms with E-state index in [2.05, 4.69) is 15.3 Å². The van der Waals surface area contributed by atoms with Crippen LogP contribution in [0.3, 0.4) is 0 Å². The molecule has 0 aliphatic carbocycles. The van der Waals surface area contributed by atoms with Crippen molar-refractivity contribution in [1.29, 1.82) is 0 Å². The van der Waals surface area contributed by atoms with Gasteiger partial charge in [-0.25, -0.2) is 18.2 Å². The third kappa shape index (κ3) is 3.92. The molecule has 2 aromatic carbocycles. The molecule has 3 rings (SSSR count). The summed E-state index contributed by atoms with van der Waals surface area (Å²) in [5, 5.41) is 25.8. The second-order valence-corrected chi connectivity index (χ2v) is 7.60. The first-order valence-corrected chi connectivity index (χ1v) is 9.44. The van der Waals surface area contributed by atoms with Gasteiger partial charge in [-0.1, -0.05) is 17.7 Å². The van der Waals surface area contributed by atoms with Crippen molar-refractivity contribution in [2.75, 3.05) is 0 Å². The van der Waals surface area contributed by atoms with Crippen molar-refractivity contribution < 1.29 is 13.5 Å². The molecule has 9 nitrogen and oxygen atoms in total. The summed E-state index contributed by atoms with van der Waals surface area (Å²) < 4.78 is 24.1. The summed E-state index contributed by atoms with van der Waals surface area (Å²) in [4.78, 5) is 12.5. The molecule has 0 unspecified atom stereocenters. The number of sulfonamides is 1. The second-order valence-electron chi connectivity index (χ2n) is 5.60. The number of aromatic nitrogens is 2. The van der Waals surface area contributed by atoms with Crippen molar-refractivity contribution in [2.24, 2.45) is 15.4 Å². The van der Waals surface area contributed by atoms with Gasteiger partial charge in [-0.3, -0.25) is 9.89 Å². The van der Waals surface area contributed by atoms with E-state index < -0.39 is 15.6 Å². The van der Waals surface area contributed by atoms with Crippen LogP contribution in [0.25, 0.3) is 5.69 Å². The van der Waals surface area contributed by atoms with E-state index in [1.54, 1.807) is 6.92 Å². The van der Waals surface area contributed by atoms with E-state index in [1.807, 2.05) is 0 Å². The molecule has 0 atom stereocenters. The average molecular weight is 408 g/mol. The van der Waals surface area contributed by atoms with E-state index in [4.69, 9.17) is 16.7 Å². The van der Waals surface area contributed by atoms with E-state index in [0.717, 1.165) is 4.68 Å². The summed E-state index contributed by atoms with van der Waals surface area (Å²) in [6.45, 7) is 1.60. The maximum absolute atomic E-state index is 12.6. The summed E-state index contributed by atoms with van der Waals surface area (Å²) in [6.07, 6.45) is 0. The van der Waals surface area contributed by atoms with Crippen LogP contribution >= 0.6 is 11.6 Å². The Morgan fingerprint density at radius 3 is 2.63 bits per heavy atom. The van der Waals surface area contributed by atoms with Crippen molar-refractivity contribution in [3.8, 4) is 11.4 Å². The zero-order chi connectivity index (χ0) is 19.8. The number of nitrogens with one attached hydrogen (secondary N) is 1. The van der Waals surface area contributed by atoms with Gasteiger partial charge in [-0.2, -0.15) is 0 Å². The molecule has 0 bridgehead atoms. The number of aromatic amines is 1. The maximum Gasteiger partial charge on any atom is 0.299 e. The summed E-state index contributed by atoms with van der Waals surface area (Å²) in [7, 11) is -3.92. The van der Waals surface area contributed by atoms with Crippen molar-refractivity contribution in [3.63, 3.8) is 0 Å². The van der Waals surface area contributed by atoms with E-state index in [9.17, 15) is 18.3 Å². The van der Waals surface area contributed by atoms with Crippen molar-refractivity contribution in [1.82, 2.24) is 9.78 Å². The van der Waals surface area contributed by atoms with Gasteiger partial charge in [0.2, 0.25) is 10.0 Å². The number of primary sulfonamides is 1. The fraction of sp³-hybridized carbons (Fsp3) is 0.0625. The zero-order valence-electron chi connectivity index (χ0n) is 13.9. The Bertz CT molecular complexity index is 1210. The van der Waals surface area contributed by atoms with Crippen LogP contribution in [0.15, 0.2) is 62.4 Å². The Labute approximate surface area is 158 Å². The first-order valence-electron chi connectivity index (χ1n) is 7.52. The van der Waals surface area contributed by atoms with Crippen LogP contribution in [-0.4, -0.2) is 23.3 Å². The van der Waals surface area contributed by atoms with Gasteiger partial charge in [0.1, 0.15) is 11.4 Å². The number of benzene rings is 2. The third-order valence-corrected chi connectivity index (χ3v) is 4.79. The monoisotopic (exact) mass is 407 g/mol. The molecule has 3 aromatic rings. The number of nitrogens with zero attached hydrogens (tertiary/aromatic N) is 3. The van der Waals surface area contributed by atoms with Gasteiger partial charge in [-0.15, -0.1) is 10.2 Å². The van der Waals surface area contributed by atoms with Crippen LogP contribution in [0.4, 0.5) is 11.4 Å². The molecule has 1 heterocycles. The number of aromatic hydroxyl groups is 1. The predicted octanol–water partition coefficient (Wildman–Crippen LogP) is 2.90. The maximum atomic E-state index is 12.6. The van der Waals surface area contributed by atoms with Gasteiger partial charge in [-0.05, 0) is 43.3 Å². The number of H-pyrrole nitrogens is 1. The molecule has 140 valence electrons. The topological polar surface area (TPSA) is 143 Å². The van der Waals surface area contributed by atoms with Crippen LogP contribution in [0, 0.1) is 6.92 Å². The number of phenolic OH excluding ortho intramolecular Hbond substituents is 1. The Hall–Kier alpha value is -2.95. The van der Waals surface area contributed by atoms with Gasteiger partial charge < -0.3 is 5.11 Å². The minimum atomic E-state index is -3.92. The lowest BCUT2D eigenvalue weighted by molar-refractivity contribution is 0.476. The summed E-state index contributed by atoms with van der Waals surface area (Å²) in [6, 6.07) is 9.83. The molecule has 0 amide bonds. The van der Waals surface area contributed by atoms with Crippen LogP contribution in [0.1, 0.15) is 5.69 Å². The lowest BCUT2D eigenvalue weighted by atomic mass is 10.3.